The van der Waals surface area contributed by atoms with Gasteiger partial charge in [0.1, 0.15) is 5.75 Å². The van der Waals surface area contributed by atoms with Crippen LogP contribution in [0.4, 0.5) is 0 Å². The summed E-state index contributed by atoms with van der Waals surface area (Å²) in [5.41, 5.74) is 1.30. The molecule has 1 saturated carbocycles. The Kier molecular flexibility index (Phi) is 5.28. The number of halogens is 1. The quantitative estimate of drug-likeness (QED) is 0.887. The van der Waals surface area contributed by atoms with Crippen LogP contribution in [0.25, 0.3) is 0 Å². The van der Waals surface area contributed by atoms with Gasteiger partial charge in [-0.05, 0) is 64.7 Å². The molecule has 1 aliphatic carbocycles. The van der Waals surface area contributed by atoms with Crippen LogP contribution in [0.5, 0.6) is 5.75 Å². The van der Waals surface area contributed by atoms with Crippen molar-refractivity contribution in [3.8, 4) is 5.75 Å². The summed E-state index contributed by atoms with van der Waals surface area (Å²) in [6.45, 7) is 5.68. The third-order valence-electron chi connectivity index (χ3n) is 4.22. The molecule has 1 N–H and O–H groups in total. The van der Waals surface area contributed by atoms with Gasteiger partial charge >= 0.3 is 0 Å². The Morgan fingerprint density at radius 2 is 2.11 bits per heavy atom. The zero-order valence-electron chi connectivity index (χ0n) is 12.1. The molecule has 0 radical (unpaired) electrons. The van der Waals surface area contributed by atoms with E-state index in [2.05, 4.69) is 47.2 Å². The van der Waals surface area contributed by atoms with E-state index < -0.39 is 0 Å². The lowest BCUT2D eigenvalue weighted by Gasteiger charge is -2.33. The zero-order chi connectivity index (χ0) is 13.8. The molecule has 1 aromatic carbocycles. The Balaban J connectivity index is 1.90. The number of ether oxygens (including phenoxy) is 1. The van der Waals surface area contributed by atoms with Gasteiger partial charge in [0.2, 0.25) is 0 Å². The fourth-order valence-electron chi connectivity index (χ4n) is 3.04. The van der Waals surface area contributed by atoms with Crippen LogP contribution in [0.1, 0.15) is 38.7 Å². The summed E-state index contributed by atoms with van der Waals surface area (Å²) < 4.78 is 6.28. The van der Waals surface area contributed by atoms with Crippen molar-refractivity contribution in [1.82, 2.24) is 5.32 Å². The fraction of sp³-hybridized carbons (Fsp3) is 0.625. The molecule has 1 aromatic rings. The number of methoxy groups -OCH3 is 1. The Hall–Kier alpha value is -0.540. The highest BCUT2D eigenvalue weighted by atomic mass is 79.9. The van der Waals surface area contributed by atoms with Crippen molar-refractivity contribution >= 4 is 15.9 Å². The molecule has 3 unspecified atom stereocenters. The second kappa shape index (κ2) is 6.76. The summed E-state index contributed by atoms with van der Waals surface area (Å²) in [5.74, 6) is 2.57. The van der Waals surface area contributed by atoms with E-state index in [1.54, 1.807) is 7.11 Å². The van der Waals surface area contributed by atoms with E-state index >= 15 is 0 Å². The van der Waals surface area contributed by atoms with Gasteiger partial charge in [0.15, 0.2) is 0 Å². The number of hydrogen-bond acceptors (Lipinski definition) is 2. The lowest BCUT2D eigenvalue weighted by molar-refractivity contribution is 0.227. The molecule has 19 heavy (non-hydrogen) atoms. The second-order valence-electron chi connectivity index (χ2n) is 5.85. The number of benzene rings is 1. The van der Waals surface area contributed by atoms with Crippen molar-refractivity contribution in [3.63, 3.8) is 0 Å². The third-order valence-corrected chi connectivity index (χ3v) is 4.84. The predicted molar refractivity (Wildman–Crippen MR) is 83.5 cm³/mol. The molecule has 0 spiro atoms. The van der Waals surface area contributed by atoms with Gasteiger partial charge in [0.05, 0.1) is 11.6 Å². The molecule has 0 saturated heterocycles. The van der Waals surface area contributed by atoms with E-state index in [-0.39, 0.29) is 0 Å². The maximum absolute atomic E-state index is 5.26. The highest BCUT2D eigenvalue weighted by molar-refractivity contribution is 9.10. The van der Waals surface area contributed by atoms with Crippen molar-refractivity contribution in [2.75, 3.05) is 7.11 Å². The number of rotatable bonds is 4. The first kappa shape index (κ1) is 14.9. The van der Waals surface area contributed by atoms with Crippen molar-refractivity contribution in [2.45, 2.75) is 45.7 Å². The van der Waals surface area contributed by atoms with Crippen LogP contribution in [0, 0.1) is 11.8 Å². The number of hydrogen-bond donors (Lipinski definition) is 1. The van der Waals surface area contributed by atoms with Crippen molar-refractivity contribution in [1.29, 1.82) is 0 Å². The van der Waals surface area contributed by atoms with Crippen LogP contribution in [-0.4, -0.2) is 13.2 Å². The maximum Gasteiger partial charge on any atom is 0.133 e. The van der Waals surface area contributed by atoms with Gasteiger partial charge in [-0.25, -0.2) is 0 Å². The molecule has 3 atom stereocenters. The van der Waals surface area contributed by atoms with Gasteiger partial charge in [-0.1, -0.05) is 19.9 Å². The Morgan fingerprint density at radius 3 is 2.74 bits per heavy atom. The molecule has 0 bridgehead atoms. The largest absolute Gasteiger partial charge is 0.496 e. The summed E-state index contributed by atoms with van der Waals surface area (Å²) in [6, 6.07) is 6.96. The van der Waals surface area contributed by atoms with Crippen LogP contribution < -0.4 is 10.1 Å². The topological polar surface area (TPSA) is 21.3 Å². The molecule has 106 valence electrons. The Labute approximate surface area is 125 Å². The molecule has 0 aliphatic heterocycles. The van der Waals surface area contributed by atoms with Gasteiger partial charge in [-0.15, -0.1) is 0 Å². The molecule has 2 rings (SSSR count). The standard InChI is InChI=1S/C16H24BrNO/c1-11-4-6-15(12(2)8-11)18-10-13-5-7-16(19-3)14(17)9-13/h5,7,9,11-12,15,18H,4,6,8,10H2,1-3H3. The van der Waals surface area contributed by atoms with Crippen LogP contribution in [0.2, 0.25) is 0 Å². The molecule has 0 heterocycles. The first-order valence-corrected chi connectivity index (χ1v) is 7.95. The molecule has 3 heteroatoms. The molecule has 1 aliphatic rings. The Bertz CT molecular complexity index is 421. The summed E-state index contributed by atoms with van der Waals surface area (Å²) in [5, 5.41) is 3.71. The minimum Gasteiger partial charge on any atom is -0.496 e. The van der Waals surface area contributed by atoms with E-state index in [0.717, 1.165) is 28.6 Å². The summed E-state index contributed by atoms with van der Waals surface area (Å²) >= 11 is 3.54. The van der Waals surface area contributed by atoms with E-state index in [1.807, 2.05) is 6.07 Å². The molecule has 2 nitrogen and oxygen atoms in total. The average molecular weight is 326 g/mol. The Morgan fingerprint density at radius 1 is 1.32 bits per heavy atom. The SMILES string of the molecule is COc1ccc(CNC2CCC(C)CC2C)cc1Br. The third kappa shape index (κ3) is 3.96. The average Bonchev–Trinajstić information content (AvgIpc) is 2.38. The lowest BCUT2D eigenvalue weighted by atomic mass is 9.80. The van der Waals surface area contributed by atoms with Gasteiger partial charge in [0, 0.05) is 12.6 Å². The van der Waals surface area contributed by atoms with E-state index in [4.69, 9.17) is 4.74 Å². The van der Waals surface area contributed by atoms with Crippen molar-refractivity contribution in [2.24, 2.45) is 11.8 Å². The second-order valence-corrected chi connectivity index (χ2v) is 6.71. The molecular weight excluding hydrogens is 302 g/mol. The minimum atomic E-state index is 0.664. The normalized spacial score (nSPS) is 27.3. The maximum atomic E-state index is 5.26. The molecule has 0 aromatic heterocycles. The number of nitrogens with one attached hydrogen (secondary N) is 1. The van der Waals surface area contributed by atoms with E-state index in [1.165, 1.54) is 24.8 Å². The minimum absolute atomic E-state index is 0.664. The zero-order valence-corrected chi connectivity index (χ0v) is 13.7. The van der Waals surface area contributed by atoms with E-state index in [0.29, 0.717) is 6.04 Å². The van der Waals surface area contributed by atoms with Gasteiger partial charge in [-0.3, -0.25) is 0 Å². The van der Waals surface area contributed by atoms with Gasteiger partial charge in [0.25, 0.3) is 0 Å². The molecule has 1 fully saturated rings. The smallest absolute Gasteiger partial charge is 0.133 e. The highest BCUT2D eigenvalue weighted by Crippen LogP contribution is 2.29. The monoisotopic (exact) mass is 325 g/mol. The molecular formula is C16H24BrNO. The highest BCUT2D eigenvalue weighted by Gasteiger charge is 2.24. The fourth-order valence-corrected chi connectivity index (χ4v) is 3.63. The van der Waals surface area contributed by atoms with Crippen LogP contribution in [-0.2, 0) is 6.54 Å². The first-order valence-electron chi connectivity index (χ1n) is 7.16. The van der Waals surface area contributed by atoms with Gasteiger partial charge < -0.3 is 10.1 Å². The molecule has 0 amide bonds. The first-order chi connectivity index (χ1) is 9.10. The van der Waals surface area contributed by atoms with Crippen molar-refractivity contribution in [3.05, 3.63) is 28.2 Å². The predicted octanol–water partition coefficient (Wildman–Crippen LogP) is 4.37. The van der Waals surface area contributed by atoms with Crippen molar-refractivity contribution < 1.29 is 4.74 Å². The summed E-state index contributed by atoms with van der Waals surface area (Å²) in [6.07, 6.45) is 4.01. The van der Waals surface area contributed by atoms with Crippen LogP contribution in [0.3, 0.4) is 0 Å². The van der Waals surface area contributed by atoms with Gasteiger partial charge in [-0.2, -0.15) is 0 Å². The lowest BCUT2D eigenvalue weighted by Crippen LogP contribution is -2.38. The van der Waals surface area contributed by atoms with Crippen LogP contribution >= 0.6 is 15.9 Å². The summed E-state index contributed by atoms with van der Waals surface area (Å²) in [7, 11) is 1.70. The van der Waals surface area contributed by atoms with Crippen LogP contribution in [0.15, 0.2) is 22.7 Å². The summed E-state index contributed by atoms with van der Waals surface area (Å²) in [4.78, 5) is 0. The van der Waals surface area contributed by atoms with E-state index in [9.17, 15) is 0 Å².